The van der Waals surface area contributed by atoms with E-state index in [1.165, 1.54) is 15.6 Å². The van der Waals surface area contributed by atoms with Crippen LogP contribution < -0.4 is 5.73 Å². The first-order valence-corrected chi connectivity index (χ1v) is 4.90. The third kappa shape index (κ3) is 2.32. The molecule has 0 saturated carbocycles. The number of rotatable bonds is 2. The molecule has 1 rings (SSSR count). The molecule has 0 aliphatic carbocycles. The maximum absolute atomic E-state index is 5.74. The summed E-state index contributed by atoms with van der Waals surface area (Å²) in [6.07, 6.45) is 0.938. The molecule has 2 heteroatoms. The van der Waals surface area contributed by atoms with Crippen molar-refractivity contribution in [2.45, 2.75) is 26.3 Å². The molecular weight excluding hydrogens is 214 g/mol. The van der Waals surface area contributed by atoms with Crippen LogP contribution >= 0.6 is 15.9 Å². The Labute approximate surface area is 82.1 Å². The minimum atomic E-state index is 0.224. The average molecular weight is 228 g/mol. The summed E-state index contributed by atoms with van der Waals surface area (Å²) in [7, 11) is 0. The van der Waals surface area contributed by atoms with E-state index in [2.05, 4.69) is 35.0 Å². The lowest BCUT2D eigenvalue weighted by Crippen LogP contribution is -2.18. The predicted octanol–water partition coefficient (Wildman–Crippen LogP) is 2.65. The molecule has 0 heterocycles. The Morgan fingerprint density at radius 1 is 1.50 bits per heavy atom. The largest absolute Gasteiger partial charge is 0.328 e. The highest BCUT2D eigenvalue weighted by atomic mass is 79.9. The van der Waals surface area contributed by atoms with Crippen LogP contribution in [0.15, 0.2) is 22.7 Å². The van der Waals surface area contributed by atoms with Gasteiger partial charge in [0.1, 0.15) is 0 Å². The smallest absolute Gasteiger partial charge is 0.0210 e. The first-order valence-electron chi connectivity index (χ1n) is 4.11. The summed E-state index contributed by atoms with van der Waals surface area (Å²) < 4.78 is 1.17. The van der Waals surface area contributed by atoms with Crippen molar-refractivity contribution in [2.75, 3.05) is 0 Å². The summed E-state index contributed by atoms with van der Waals surface area (Å²) in [4.78, 5) is 0. The lowest BCUT2D eigenvalue weighted by molar-refractivity contribution is 0.732. The zero-order valence-corrected chi connectivity index (χ0v) is 9.06. The summed E-state index contributed by atoms with van der Waals surface area (Å²) in [6, 6.07) is 6.44. The van der Waals surface area contributed by atoms with Gasteiger partial charge in [-0.15, -0.1) is 0 Å². The molecule has 1 nitrogen and oxygen atoms in total. The molecule has 0 spiro atoms. The van der Waals surface area contributed by atoms with Crippen molar-refractivity contribution in [3.63, 3.8) is 0 Å². The first-order chi connectivity index (χ1) is 5.61. The highest BCUT2D eigenvalue weighted by Gasteiger charge is 2.04. The molecular formula is C10H14BrN. The van der Waals surface area contributed by atoms with E-state index in [9.17, 15) is 0 Å². The zero-order chi connectivity index (χ0) is 9.14. The molecule has 66 valence electrons. The molecule has 0 fully saturated rings. The van der Waals surface area contributed by atoms with Crippen LogP contribution in [0, 0.1) is 6.92 Å². The van der Waals surface area contributed by atoms with E-state index in [0.717, 1.165) is 6.42 Å². The molecule has 1 atom stereocenters. The van der Waals surface area contributed by atoms with Crippen molar-refractivity contribution in [1.82, 2.24) is 0 Å². The Hall–Kier alpha value is -0.340. The monoisotopic (exact) mass is 227 g/mol. The van der Waals surface area contributed by atoms with Crippen LogP contribution in [0.25, 0.3) is 0 Å². The standard InChI is InChI=1S/C10H14BrN/c1-7-4-3-5-10(11)9(7)6-8(2)12/h3-5,8H,6,12H2,1-2H3. The van der Waals surface area contributed by atoms with E-state index >= 15 is 0 Å². The molecule has 1 aromatic rings. The van der Waals surface area contributed by atoms with Gasteiger partial charge >= 0.3 is 0 Å². The van der Waals surface area contributed by atoms with Crippen molar-refractivity contribution < 1.29 is 0 Å². The fraction of sp³-hybridized carbons (Fsp3) is 0.400. The third-order valence-corrected chi connectivity index (χ3v) is 2.62. The molecule has 0 amide bonds. The number of hydrogen-bond donors (Lipinski definition) is 1. The zero-order valence-electron chi connectivity index (χ0n) is 7.47. The van der Waals surface area contributed by atoms with Gasteiger partial charge in [0.05, 0.1) is 0 Å². The quantitative estimate of drug-likeness (QED) is 0.827. The summed E-state index contributed by atoms with van der Waals surface area (Å²) >= 11 is 3.52. The van der Waals surface area contributed by atoms with E-state index in [1.807, 2.05) is 13.0 Å². The van der Waals surface area contributed by atoms with Gasteiger partial charge < -0.3 is 5.73 Å². The van der Waals surface area contributed by atoms with Crippen LogP contribution in [0.5, 0.6) is 0 Å². The number of aryl methyl sites for hydroxylation is 1. The van der Waals surface area contributed by atoms with Crippen LogP contribution in [-0.4, -0.2) is 6.04 Å². The van der Waals surface area contributed by atoms with Crippen molar-refractivity contribution in [3.8, 4) is 0 Å². The third-order valence-electron chi connectivity index (χ3n) is 1.88. The fourth-order valence-corrected chi connectivity index (χ4v) is 1.87. The van der Waals surface area contributed by atoms with Crippen molar-refractivity contribution in [1.29, 1.82) is 0 Å². The van der Waals surface area contributed by atoms with Crippen LogP contribution in [0.2, 0.25) is 0 Å². The molecule has 1 unspecified atom stereocenters. The molecule has 0 aromatic heterocycles. The van der Waals surface area contributed by atoms with Gasteiger partial charge in [-0.25, -0.2) is 0 Å². The van der Waals surface area contributed by atoms with Gasteiger partial charge in [0.15, 0.2) is 0 Å². The average Bonchev–Trinajstić information content (AvgIpc) is 1.97. The van der Waals surface area contributed by atoms with Gasteiger partial charge in [-0.1, -0.05) is 28.1 Å². The van der Waals surface area contributed by atoms with Crippen molar-refractivity contribution in [2.24, 2.45) is 5.73 Å². The first kappa shape index (κ1) is 9.75. The molecule has 1 aromatic carbocycles. The topological polar surface area (TPSA) is 26.0 Å². The SMILES string of the molecule is Cc1cccc(Br)c1CC(C)N. The van der Waals surface area contributed by atoms with Crippen molar-refractivity contribution in [3.05, 3.63) is 33.8 Å². The predicted molar refractivity (Wildman–Crippen MR) is 56.2 cm³/mol. The Kier molecular flexibility index (Phi) is 3.29. The Morgan fingerprint density at radius 3 is 2.67 bits per heavy atom. The van der Waals surface area contributed by atoms with Gasteiger partial charge in [-0.05, 0) is 37.5 Å². The second-order valence-corrected chi connectivity index (χ2v) is 4.07. The number of hydrogen-bond acceptors (Lipinski definition) is 1. The molecule has 0 radical (unpaired) electrons. The fourth-order valence-electron chi connectivity index (χ4n) is 1.25. The lowest BCUT2D eigenvalue weighted by Gasteiger charge is -2.10. The summed E-state index contributed by atoms with van der Waals surface area (Å²) in [6.45, 7) is 4.14. The Morgan fingerprint density at radius 2 is 2.17 bits per heavy atom. The normalized spacial score (nSPS) is 13.0. The van der Waals surface area contributed by atoms with E-state index < -0.39 is 0 Å². The van der Waals surface area contributed by atoms with Gasteiger partial charge in [-0.3, -0.25) is 0 Å². The second-order valence-electron chi connectivity index (χ2n) is 3.22. The molecule has 0 saturated heterocycles. The highest BCUT2D eigenvalue weighted by molar-refractivity contribution is 9.10. The van der Waals surface area contributed by atoms with Crippen LogP contribution in [-0.2, 0) is 6.42 Å². The van der Waals surface area contributed by atoms with Gasteiger partial charge in [0.25, 0.3) is 0 Å². The van der Waals surface area contributed by atoms with Crippen LogP contribution in [0.3, 0.4) is 0 Å². The van der Waals surface area contributed by atoms with Crippen molar-refractivity contribution >= 4 is 15.9 Å². The molecule has 0 aliphatic rings. The van der Waals surface area contributed by atoms with Crippen LogP contribution in [0.4, 0.5) is 0 Å². The summed E-state index contributed by atoms with van der Waals surface area (Å²) in [5.74, 6) is 0. The lowest BCUT2D eigenvalue weighted by atomic mass is 10.0. The van der Waals surface area contributed by atoms with E-state index in [-0.39, 0.29) is 6.04 Å². The van der Waals surface area contributed by atoms with Gasteiger partial charge in [0, 0.05) is 10.5 Å². The number of nitrogens with two attached hydrogens (primary N) is 1. The highest BCUT2D eigenvalue weighted by Crippen LogP contribution is 2.21. The van der Waals surface area contributed by atoms with E-state index in [0.29, 0.717) is 0 Å². The van der Waals surface area contributed by atoms with Crippen LogP contribution in [0.1, 0.15) is 18.1 Å². The summed E-state index contributed by atoms with van der Waals surface area (Å²) in [5, 5.41) is 0. The Balaban J connectivity index is 2.96. The van der Waals surface area contributed by atoms with Gasteiger partial charge in [-0.2, -0.15) is 0 Å². The van der Waals surface area contributed by atoms with E-state index in [1.54, 1.807) is 0 Å². The number of halogens is 1. The number of benzene rings is 1. The van der Waals surface area contributed by atoms with E-state index in [4.69, 9.17) is 5.73 Å². The maximum Gasteiger partial charge on any atom is 0.0210 e. The molecule has 12 heavy (non-hydrogen) atoms. The van der Waals surface area contributed by atoms with Gasteiger partial charge in [0.2, 0.25) is 0 Å². The summed E-state index contributed by atoms with van der Waals surface area (Å²) in [5.41, 5.74) is 8.37. The second kappa shape index (κ2) is 4.06. The molecule has 2 N–H and O–H groups in total. The maximum atomic E-state index is 5.74. The Bertz CT molecular complexity index is 248. The molecule has 0 aliphatic heterocycles. The minimum Gasteiger partial charge on any atom is -0.328 e. The molecule has 0 bridgehead atoms. The minimum absolute atomic E-state index is 0.224.